The minimum absolute atomic E-state index is 0.153. The number of cyclic esters (lactones) is 1. The van der Waals surface area contributed by atoms with Gasteiger partial charge < -0.3 is 15.2 Å². The highest BCUT2D eigenvalue weighted by Gasteiger charge is 2.42. The molecule has 2 N–H and O–H groups in total. The molecule has 0 spiro atoms. The van der Waals surface area contributed by atoms with Gasteiger partial charge in [0.05, 0.1) is 18.1 Å². The van der Waals surface area contributed by atoms with Crippen LogP contribution in [0.2, 0.25) is 0 Å². The molecule has 3 aromatic rings. The third-order valence-electron chi connectivity index (χ3n) is 6.12. The summed E-state index contributed by atoms with van der Waals surface area (Å²) in [6, 6.07) is 28.8. The number of benzene rings is 3. The van der Waals surface area contributed by atoms with Crippen LogP contribution in [0.1, 0.15) is 16.7 Å². The lowest BCUT2D eigenvalue weighted by Crippen LogP contribution is -2.49. The van der Waals surface area contributed by atoms with Crippen LogP contribution in [-0.2, 0) is 28.9 Å². The third-order valence-corrected chi connectivity index (χ3v) is 6.12. The highest BCUT2D eigenvalue weighted by atomic mass is 16.6. The van der Waals surface area contributed by atoms with Crippen LogP contribution in [-0.4, -0.2) is 47.3 Å². The number of aliphatic hydroxyl groups is 1. The summed E-state index contributed by atoms with van der Waals surface area (Å²) in [5, 5.41) is 14.3. The van der Waals surface area contributed by atoms with Crippen LogP contribution in [0.15, 0.2) is 91.0 Å². The van der Waals surface area contributed by atoms with E-state index in [-0.39, 0.29) is 13.2 Å². The second-order valence-corrected chi connectivity index (χ2v) is 8.61. The number of nitrogens with one attached hydrogen (secondary N) is 1. The van der Waals surface area contributed by atoms with Crippen LogP contribution < -0.4 is 5.32 Å². The Morgan fingerprint density at radius 2 is 1.47 bits per heavy atom. The molecule has 0 aliphatic carbocycles. The lowest BCUT2D eigenvalue weighted by Gasteiger charge is -2.28. The predicted octanol–water partition coefficient (Wildman–Crippen LogP) is 3.59. The zero-order valence-electron chi connectivity index (χ0n) is 19.0. The van der Waals surface area contributed by atoms with Crippen molar-refractivity contribution in [2.45, 2.75) is 31.5 Å². The lowest BCUT2D eigenvalue weighted by atomic mass is 9.91. The molecule has 1 heterocycles. The van der Waals surface area contributed by atoms with Crippen molar-refractivity contribution in [2.24, 2.45) is 5.92 Å². The summed E-state index contributed by atoms with van der Waals surface area (Å²) >= 11 is 0. The van der Waals surface area contributed by atoms with Crippen molar-refractivity contribution in [3.8, 4) is 0 Å². The van der Waals surface area contributed by atoms with E-state index in [0.717, 1.165) is 16.7 Å². The van der Waals surface area contributed by atoms with E-state index in [2.05, 4.69) is 5.32 Å². The zero-order valence-corrected chi connectivity index (χ0v) is 19.0. The maximum atomic E-state index is 13.7. The van der Waals surface area contributed by atoms with Crippen molar-refractivity contribution < 1.29 is 19.4 Å². The molecule has 0 bridgehead atoms. The van der Waals surface area contributed by atoms with E-state index in [1.54, 1.807) is 0 Å². The monoisotopic (exact) mass is 458 g/mol. The number of rotatable bonds is 10. The molecule has 0 saturated carbocycles. The fourth-order valence-corrected chi connectivity index (χ4v) is 4.30. The van der Waals surface area contributed by atoms with Gasteiger partial charge >= 0.3 is 6.09 Å². The molecule has 0 radical (unpaired) electrons. The molecule has 1 fully saturated rings. The first-order valence-corrected chi connectivity index (χ1v) is 11.6. The quantitative estimate of drug-likeness (QED) is 0.486. The van der Waals surface area contributed by atoms with Crippen molar-refractivity contribution in [1.29, 1.82) is 0 Å². The maximum Gasteiger partial charge on any atom is 0.416 e. The largest absolute Gasteiger partial charge is 0.447 e. The second kappa shape index (κ2) is 11.6. The number of carbonyl (C=O) groups excluding carboxylic acids is 2. The number of nitrogens with zero attached hydrogens (tertiary/aromatic N) is 1. The second-order valence-electron chi connectivity index (χ2n) is 8.61. The van der Waals surface area contributed by atoms with Gasteiger partial charge in [0.15, 0.2) is 0 Å². The Balaban J connectivity index is 1.49. The minimum Gasteiger partial charge on any atom is -0.447 e. The summed E-state index contributed by atoms with van der Waals surface area (Å²) in [6.07, 6.45) is -0.773. The van der Waals surface area contributed by atoms with Gasteiger partial charge in [-0.25, -0.2) is 9.69 Å². The molecule has 3 atom stereocenters. The summed E-state index contributed by atoms with van der Waals surface area (Å²) in [5.41, 5.74) is 3.04. The van der Waals surface area contributed by atoms with Gasteiger partial charge in [0.1, 0.15) is 6.61 Å². The Bertz CT molecular complexity index is 1060. The van der Waals surface area contributed by atoms with Crippen LogP contribution in [0.3, 0.4) is 0 Å². The molecular weight excluding hydrogens is 428 g/mol. The lowest BCUT2D eigenvalue weighted by molar-refractivity contribution is -0.137. The molecule has 0 aromatic heterocycles. The first kappa shape index (κ1) is 23.7. The topological polar surface area (TPSA) is 78.9 Å². The number of amides is 2. The normalized spacial score (nSPS) is 17.3. The molecule has 1 aliphatic rings. The Morgan fingerprint density at radius 1 is 0.912 bits per heavy atom. The van der Waals surface area contributed by atoms with Crippen LogP contribution in [0.4, 0.5) is 4.79 Å². The zero-order chi connectivity index (χ0) is 23.8. The SMILES string of the molecule is O=C1OC[C@@H](Cc2ccccc2)N1C(=O)[C@@H](Cc1ccccc1)[C@H](O)CNCc1ccccc1. The first-order chi connectivity index (χ1) is 16.6. The number of hydrogen-bond acceptors (Lipinski definition) is 5. The Kier molecular flexibility index (Phi) is 8.07. The van der Waals surface area contributed by atoms with Gasteiger partial charge in [0.25, 0.3) is 0 Å². The Labute approximate surface area is 200 Å². The van der Waals surface area contributed by atoms with Crippen molar-refractivity contribution in [3.05, 3.63) is 108 Å². The van der Waals surface area contributed by atoms with Crippen molar-refractivity contribution in [1.82, 2.24) is 10.2 Å². The highest BCUT2D eigenvalue weighted by molar-refractivity contribution is 5.95. The van der Waals surface area contributed by atoms with Crippen LogP contribution in [0, 0.1) is 5.92 Å². The Hall–Kier alpha value is -3.48. The molecule has 176 valence electrons. The van der Waals surface area contributed by atoms with E-state index in [9.17, 15) is 14.7 Å². The van der Waals surface area contributed by atoms with Gasteiger partial charge in [-0.1, -0.05) is 91.0 Å². The van der Waals surface area contributed by atoms with Crippen LogP contribution >= 0.6 is 0 Å². The Morgan fingerprint density at radius 3 is 2.09 bits per heavy atom. The minimum atomic E-state index is -0.970. The van der Waals surface area contributed by atoms with Crippen LogP contribution in [0.25, 0.3) is 0 Å². The fourth-order valence-electron chi connectivity index (χ4n) is 4.30. The average Bonchev–Trinajstić information content (AvgIpc) is 3.23. The van der Waals surface area contributed by atoms with E-state index in [1.165, 1.54) is 4.90 Å². The molecule has 0 unspecified atom stereocenters. The van der Waals surface area contributed by atoms with E-state index in [4.69, 9.17) is 4.74 Å². The van der Waals surface area contributed by atoms with E-state index in [0.29, 0.717) is 19.4 Å². The van der Waals surface area contributed by atoms with Crippen molar-refractivity contribution in [3.63, 3.8) is 0 Å². The molecule has 1 saturated heterocycles. The summed E-state index contributed by atoms with van der Waals surface area (Å²) in [5.74, 6) is -1.18. The molecule has 6 nitrogen and oxygen atoms in total. The molecular formula is C28H30N2O4. The smallest absolute Gasteiger partial charge is 0.416 e. The van der Waals surface area contributed by atoms with E-state index in [1.807, 2.05) is 91.0 Å². The fraction of sp³-hybridized carbons (Fsp3) is 0.286. The van der Waals surface area contributed by atoms with Crippen molar-refractivity contribution >= 4 is 12.0 Å². The number of hydrogen-bond donors (Lipinski definition) is 2. The molecule has 6 heteroatoms. The molecule has 3 aromatic carbocycles. The number of imide groups is 1. The maximum absolute atomic E-state index is 13.7. The van der Waals surface area contributed by atoms with E-state index < -0.39 is 30.1 Å². The van der Waals surface area contributed by atoms with Gasteiger partial charge in [-0.3, -0.25) is 4.79 Å². The van der Waals surface area contributed by atoms with Gasteiger partial charge in [-0.05, 0) is 29.5 Å². The standard InChI is InChI=1S/C28H30N2O4/c31-26(19-29-18-23-14-8-3-9-15-23)25(17-22-12-6-2-7-13-22)27(32)30-24(20-34-28(30)33)16-21-10-4-1-5-11-21/h1-15,24-26,29,31H,16-20H2/t24-,25+,26-/m1/s1. The number of ether oxygens (including phenoxy) is 1. The van der Waals surface area contributed by atoms with Crippen molar-refractivity contribution in [2.75, 3.05) is 13.2 Å². The van der Waals surface area contributed by atoms with Gasteiger partial charge in [-0.2, -0.15) is 0 Å². The molecule has 1 aliphatic heterocycles. The van der Waals surface area contributed by atoms with Crippen LogP contribution in [0.5, 0.6) is 0 Å². The van der Waals surface area contributed by atoms with E-state index >= 15 is 0 Å². The number of aliphatic hydroxyl groups excluding tert-OH is 1. The summed E-state index contributed by atoms with van der Waals surface area (Å²) < 4.78 is 5.26. The molecule has 4 rings (SSSR count). The molecule has 2 amide bonds. The first-order valence-electron chi connectivity index (χ1n) is 11.6. The summed E-state index contributed by atoms with van der Waals surface area (Å²) in [7, 11) is 0. The average molecular weight is 459 g/mol. The highest BCUT2D eigenvalue weighted by Crippen LogP contribution is 2.23. The number of carbonyl (C=O) groups is 2. The van der Waals surface area contributed by atoms with Gasteiger partial charge in [0.2, 0.25) is 5.91 Å². The van der Waals surface area contributed by atoms with Gasteiger partial charge in [0, 0.05) is 13.1 Å². The molecule has 34 heavy (non-hydrogen) atoms. The summed E-state index contributed by atoms with van der Waals surface area (Å²) in [6.45, 7) is 0.955. The third kappa shape index (κ3) is 6.10. The summed E-state index contributed by atoms with van der Waals surface area (Å²) in [4.78, 5) is 27.5. The predicted molar refractivity (Wildman–Crippen MR) is 130 cm³/mol. The van der Waals surface area contributed by atoms with Gasteiger partial charge in [-0.15, -0.1) is 0 Å².